The van der Waals surface area contributed by atoms with Gasteiger partial charge in [-0.25, -0.2) is 4.79 Å². The number of carboxylic acids is 1. The van der Waals surface area contributed by atoms with E-state index in [1.54, 1.807) is 6.07 Å². The van der Waals surface area contributed by atoms with Crippen molar-refractivity contribution in [3.8, 4) is 5.75 Å². The van der Waals surface area contributed by atoms with Gasteiger partial charge in [-0.05, 0) is 24.5 Å². The lowest BCUT2D eigenvalue weighted by Gasteiger charge is -2.11. The van der Waals surface area contributed by atoms with Gasteiger partial charge in [0.2, 0.25) is 5.91 Å². The zero-order chi connectivity index (χ0) is 15.2. The fraction of sp³-hybridized carbons (Fsp3) is 0.500. The number of rotatable bonds is 6. The van der Waals surface area contributed by atoms with Crippen molar-refractivity contribution in [2.24, 2.45) is 5.92 Å². The first-order valence-electron chi connectivity index (χ1n) is 7.31. The molecule has 1 fully saturated rings. The van der Waals surface area contributed by atoms with E-state index in [0.29, 0.717) is 18.0 Å². The summed E-state index contributed by atoms with van der Waals surface area (Å²) in [5.41, 5.74) is 0.648. The average Bonchev–Trinajstić information content (AvgIpc) is 2.98. The fourth-order valence-electron chi connectivity index (χ4n) is 2.80. The Morgan fingerprint density at radius 2 is 2.05 bits per heavy atom. The molecule has 2 N–H and O–H groups in total. The Kier molecular flexibility index (Phi) is 5.20. The molecule has 0 radical (unpaired) electrons. The topological polar surface area (TPSA) is 75.6 Å². The van der Waals surface area contributed by atoms with Gasteiger partial charge in [0, 0.05) is 18.2 Å². The number of ether oxygens (including phenoxy) is 1. The van der Waals surface area contributed by atoms with E-state index >= 15 is 0 Å². The molecule has 0 unspecified atom stereocenters. The molecule has 1 aliphatic rings. The molecule has 0 heterocycles. The maximum Gasteiger partial charge on any atom is 0.339 e. The Morgan fingerprint density at radius 3 is 2.67 bits per heavy atom. The molecule has 0 bridgehead atoms. The van der Waals surface area contributed by atoms with Gasteiger partial charge in [-0.3, -0.25) is 4.79 Å². The molecule has 5 heteroatoms. The van der Waals surface area contributed by atoms with Gasteiger partial charge in [0.25, 0.3) is 0 Å². The first-order valence-corrected chi connectivity index (χ1v) is 7.31. The summed E-state index contributed by atoms with van der Waals surface area (Å²) in [6, 6.07) is 4.56. The minimum atomic E-state index is -1.05. The number of benzene rings is 1. The van der Waals surface area contributed by atoms with Crippen molar-refractivity contribution in [2.75, 3.05) is 12.4 Å². The van der Waals surface area contributed by atoms with E-state index in [1.807, 2.05) is 0 Å². The van der Waals surface area contributed by atoms with Gasteiger partial charge in [0.1, 0.15) is 11.3 Å². The molecule has 0 atom stereocenters. The molecule has 2 rings (SSSR count). The minimum Gasteiger partial charge on any atom is -0.496 e. The highest BCUT2D eigenvalue weighted by molar-refractivity contribution is 5.94. The molecule has 5 nitrogen and oxygen atoms in total. The van der Waals surface area contributed by atoms with Crippen molar-refractivity contribution in [3.63, 3.8) is 0 Å². The van der Waals surface area contributed by atoms with E-state index in [2.05, 4.69) is 5.32 Å². The van der Waals surface area contributed by atoms with Crippen LogP contribution < -0.4 is 10.1 Å². The molecule has 1 aliphatic carbocycles. The van der Waals surface area contributed by atoms with Crippen molar-refractivity contribution in [1.29, 1.82) is 0 Å². The summed E-state index contributed by atoms with van der Waals surface area (Å²) in [4.78, 5) is 22.9. The number of aromatic carboxylic acids is 1. The maximum atomic E-state index is 11.9. The lowest BCUT2D eigenvalue weighted by molar-refractivity contribution is -0.116. The molecule has 1 aromatic carbocycles. The molecule has 1 aromatic rings. The standard InChI is InChI=1S/C16H21NO4/c1-21-14-10-12(7-8-13(14)16(19)20)17-15(18)9-6-11-4-2-3-5-11/h7-8,10-11H,2-6,9H2,1H3,(H,17,18)(H,19,20). The van der Waals surface area contributed by atoms with Gasteiger partial charge in [-0.1, -0.05) is 25.7 Å². The predicted octanol–water partition coefficient (Wildman–Crippen LogP) is 3.30. The number of methoxy groups -OCH3 is 1. The zero-order valence-corrected chi connectivity index (χ0v) is 12.2. The number of carboxylic acid groups (broad SMARTS) is 1. The Morgan fingerprint density at radius 1 is 1.33 bits per heavy atom. The van der Waals surface area contributed by atoms with E-state index in [9.17, 15) is 9.59 Å². The van der Waals surface area contributed by atoms with Crippen molar-refractivity contribution < 1.29 is 19.4 Å². The van der Waals surface area contributed by atoms with Crippen LogP contribution in [0.25, 0.3) is 0 Å². The second-order valence-electron chi connectivity index (χ2n) is 5.46. The van der Waals surface area contributed by atoms with Crippen LogP contribution in [0.3, 0.4) is 0 Å². The van der Waals surface area contributed by atoms with Crippen LogP contribution in [0.5, 0.6) is 5.75 Å². The molecular formula is C16H21NO4. The fourth-order valence-corrected chi connectivity index (χ4v) is 2.80. The lowest BCUT2D eigenvalue weighted by atomic mass is 10.0. The monoisotopic (exact) mass is 291 g/mol. The number of anilines is 1. The smallest absolute Gasteiger partial charge is 0.339 e. The third-order valence-corrected chi connectivity index (χ3v) is 3.97. The number of hydrogen-bond donors (Lipinski definition) is 2. The van der Waals surface area contributed by atoms with Crippen LogP contribution in [0, 0.1) is 5.92 Å². The summed E-state index contributed by atoms with van der Waals surface area (Å²) in [5.74, 6) is -0.159. The molecule has 114 valence electrons. The van der Waals surface area contributed by atoms with Crippen LogP contribution in [0.15, 0.2) is 18.2 Å². The summed E-state index contributed by atoms with van der Waals surface area (Å²) in [5, 5.41) is 11.8. The second kappa shape index (κ2) is 7.11. The highest BCUT2D eigenvalue weighted by Gasteiger charge is 2.17. The van der Waals surface area contributed by atoms with Crippen LogP contribution in [-0.2, 0) is 4.79 Å². The van der Waals surface area contributed by atoms with E-state index in [0.717, 1.165) is 6.42 Å². The Hall–Kier alpha value is -2.04. The van der Waals surface area contributed by atoms with Crippen molar-refractivity contribution >= 4 is 17.6 Å². The number of carbonyl (C=O) groups excluding carboxylic acids is 1. The van der Waals surface area contributed by atoms with E-state index < -0.39 is 5.97 Å². The zero-order valence-electron chi connectivity index (χ0n) is 12.2. The third-order valence-electron chi connectivity index (χ3n) is 3.97. The Balaban J connectivity index is 1.92. The number of nitrogens with one attached hydrogen (secondary N) is 1. The summed E-state index contributed by atoms with van der Waals surface area (Å²) in [7, 11) is 1.41. The van der Waals surface area contributed by atoms with E-state index in [-0.39, 0.29) is 17.2 Å². The van der Waals surface area contributed by atoms with Gasteiger partial charge in [0.05, 0.1) is 7.11 Å². The minimum absolute atomic E-state index is 0.0352. The Bertz CT molecular complexity index is 521. The normalized spacial score (nSPS) is 14.9. The van der Waals surface area contributed by atoms with Gasteiger partial charge >= 0.3 is 5.97 Å². The quantitative estimate of drug-likeness (QED) is 0.843. The molecule has 0 aromatic heterocycles. The Labute approximate surface area is 124 Å². The number of hydrogen-bond acceptors (Lipinski definition) is 3. The predicted molar refractivity (Wildman–Crippen MR) is 79.8 cm³/mol. The maximum absolute atomic E-state index is 11.9. The first kappa shape index (κ1) is 15.4. The molecule has 0 spiro atoms. The average molecular weight is 291 g/mol. The van der Waals surface area contributed by atoms with Gasteiger partial charge in [-0.15, -0.1) is 0 Å². The summed E-state index contributed by atoms with van der Waals surface area (Å²) in [6.45, 7) is 0. The molecule has 21 heavy (non-hydrogen) atoms. The summed E-state index contributed by atoms with van der Waals surface area (Å²) in [6.07, 6.45) is 6.45. The molecule has 0 aliphatic heterocycles. The largest absolute Gasteiger partial charge is 0.496 e. The van der Waals surface area contributed by atoms with Crippen LogP contribution in [0.1, 0.15) is 48.9 Å². The van der Waals surface area contributed by atoms with Crippen molar-refractivity contribution in [2.45, 2.75) is 38.5 Å². The second-order valence-corrected chi connectivity index (χ2v) is 5.46. The summed E-state index contributed by atoms with van der Waals surface area (Å²) >= 11 is 0. The van der Waals surface area contributed by atoms with Gasteiger partial charge < -0.3 is 15.2 Å². The van der Waals surface area contributed by atoms with Gasteiger partial charge in [0.15, 0.2) is 0 Å². The lowest BCUT2D eigenvalue weighted by Crippen LogP contribution is -2.13. The van der Waals surface area contributed by atoms with E-state index in [4.69, 9.17) is 9.84 Å². The highest BCUT2D eigenvalue weighted by atomic mass is 16.5. The molecule has 1 amide bonds. The number of carbonyl (C=O) groups is 2. The van der Waals surface area contributed by atoms with Crippen LogP contribution in [0.4, 0.5) is 5.69 Å². The van der Waals surface area contributed by atoms with Crippen LogP contribution in [-0.4, -0.2) is 24.1 Å². The summed E-state index contributed by atoms with van der Waals surface area (Å²) < 4.78 is 5.04. The van der Waals surface area contributed by atoms with Crippen LogP contribution >= 0.6 is 0 Å². The molecular weight excluding hydrogens is 270 g/mol. The van der Waals surface area contributed by atoms with Gasteiger partial charge in [-0.2, -0.15) is 0 Å². The first-order chi connectivity index (χ1) is 10.1. The SMILES string of the molecule is COc1cc(NC(=O)CCC2CCCC2)ccc1C(=O)O. The molecule has 0 saturated heterocycles. The van der Waals surface area contributed by atoms with Crippen molar-refractivity contribution in [3.05, 3.63) is 23.8 Å². The van der Waals surface area contributed by atoms with Crippen LogP contribution in [0.2, 0.25) is 0 Å². The van der Waals surface area contributed by atoms with Crippen molar-refractivity contribution in [1.82, 2.24) is 0 Å². The van der Waals surface area contributed by atoms with E-state index in [1.165, 1.54) is 44.9 Å². The molecule has 1 saturated carbocycles. The third kappa shape index (κ3) is 4.21. The highest BCUT2D eigenvalue weighted by Crippen LogP contribution is 2.29. The number of amides is 1.